The van der Waals surface area contributed by atoms with Crippen LogP contribution in [-0.2, 0) is 4.74 Å². The Balaban J connectivity index is 2.46. The molecule has 1 rings (SSSR count). The number of hydrogen-bond donors (Lipinski definition) is 2. The van der Waals surface area contributed by atoms with Gasteiger partial charge in [0.05, 0.1) is 25.5 Å². The number of unbranched alkanes of at least 4 members (excludes halogenated alkanes) is 1. The molecule has 1 atom stereocenters. The highest BCUT2D eigenvalue weighted by atomic mass is 35.5. The van der Waals surface area contributed by atoms with E-state index >= 15 is 0 Å². The summed E-state index contributed by atoms with van der Waals surface area (Å²) >= 11 is 6.05. The van der Waals surface area contributed by atoms with Crippen molar-refractivity contribution in [3.63, 3.8) is 0 Å². The molecule has 4 nitrogen and oxygen atoms in total. The molecule has 0 bridgehead atoms. The standard InChI is InChI=1S/C15H24ClNO3/c1-4-5-6-20-10-12(18)9-17-14-7-11(2)13(16)8-15(14)19-3/h7-8,12,17-18H,4-6,9-10H2,1-3H3. The van der Waals surface area contributed by atoms with Crippen molar-refractivity contribution in [1.82, 2.24) is 0 Å². The lowest BCUT2D eigenvalue weighted by Crippen LogP contribution is -2.25. The van der Waals surface area contributed by atoms with Gasteiger partial charge in [0.2, 0.25) is 0 Å². The third-order valence-electron chi connectivity index (χ3n) is 2.96. The molecule has 1 aromatic carbocycles. The maximum absolute atomic E-state index is 9.84. The molecule has 114 valence electrons. The molecule has 0 saturated heterocycles. The van der Waals surface area contributed by atoms with Crippen LogP contribution in [0.2, 0.25) is 5.02 Å². The first-order chi connectivity index (χ1) is 9.58. The van der Waals surface area contributed by atoms with Gasteiger partial charge in [-0.1, -0.05) is 24.9 Å². The molecule has 0 amide bonds. The quantitative estimate of drug-likeness (QED) is 0.688. The summed E-state index contributed by atoms with van der Waals surface area (Å²) in [6.45, 7) is 5.47. The summed E-state index contributed by atoms with van der Waals surface area (Å²) in [6.07, 6.45) is 1.56. The van der Waals surface area contributed by atoms with Crippen LogP contribution in [0.15, 0.2) is 12.1 Å². The van der Waals surface area contributed by atoms with Gasteiger partial charge in [0.15, 0.2) is 0 Å². The van der Waals surface area contributed by atoms with Gasteiger partial charge in [-0.3, -0.25) is 0 Å². The SMILES string of the molecule is CCCCOCC(O)CNc1cc(C)c(Cl)cc1OC. The van der Waals surface area contributed by atoms with E-state index in [1.807, 2.05) is 13.0 Å². The Morgan fingerprint density at radius 1 is 1.40 bits per heavy atom. The van der Waals surface area contributed by atoms with Gasteiger partial charge in [-0.15, -0.1) is 0 Å². The van der Waals surface area contributed by atoms with Crippen molar-refractivity contribution < 1.29 is 14.6 Å². The fraction of sp³-hybridized carbons (Fsp3) is 0.600. The van der Waals surface area contributed by atoms with Crippen molar-refractivity contribution in [3.8, 4) is 5.75 Å². The van der Waals surface area contributed by atoms with Crippen LogP contribution in [0.1, 0.15) is 25.3 Å². The number of ether oxygens (including phenoxy) is 2. The van der Waals surface area contributed by atoms with E-state index in [2.05, 4.69) is 12.2 Å². The molecule has 0 aliphatic rings. The number of hydrogen-bond acceptors (Lipinski definition) is 4. The second kappa shape index (κ2) is 9.06. The van der Waals surface area contributed by atoms with Gasteiger partial charge in [0.1, 0.15) is 5.75 Å². The Morgan fingerprint density at radius 2 is 2.15 bits per heavy atom. The van der Waals surface area contributed by atoms with Crippen LogP contribution in [0.5, 0.6) is 5.75 Å². The summed E-state index contributed by atoms with van der Waals surface area (Å²) in [6, 6.07) is 3.68. The van der Waals surface area contributed by atoms with Gasteiger partial charge in [-0.2, -0.15) is 0 Å². The second-order valence-corrected chi connectivity index (χ2v) is 5.17. The monoisotopic (exact) mass is 301 g/mol. The number of aryl methyl sites for hydroxylation is 1. The zero-order chi connectivity index (χ0) is 15.0. The van der Waals surface area contributed by atoms with E-state index in [1.165, 1.54) is 0 Å². The lowest BCUT2D eigenvalue weighted by atomic mass is 10.2. The van der Waals surface area contributed by atoms with Crippen LogP contribution >= 0.6 is 11.6 Å². The maximum atomic E-state index is 9.84. The first kappa shape index (κ1) is 17.1. The predicted octanol–water partition coefficient (Wildman–Crippen LogP) is 3.25. The Bertz CT molecular complexity index is 412. The van der Waals surface area contributed by atoms with Crippen LogP contribution in [0.25, 0.3) is 0 Å². The average Bonchev–Trinajstić information content (AvgIpc) is 2.44. The normalized spacial score (nSPS) is 12.2. The van der Waals surface area contributed by atoms with Crippen molar-refractivity contribution in [2.24, 2.45) is 0 Å². The van der Waals surface area contributed by atoms with E-state index in [0.717, 1.165) is 24.1 Å². The number of nitrogens with one attached hydrogen (secondary N) is 1. The van der Waals surface area contributed by atoms with E-state index in [0.29, 0.717) is 30.5 Å². The molecule has 5 heteroatoms. The van der Waals surface area contributed by atoms with Crippen LogP contribution in [0, 0.1) is 6.92 Å². The Hall–Kier alpha value is -0.970. The maximum Gasteiger partial charge on any atom is 0.143 e. The van der Waals surface area contributed by atoms with Crippen molar-refractivity contribution in [2.75, 3.05) is 32.2 Å². The molecule has 0 fully saturated rings. The molecule has 0 spiro atoms. The summed E-state index contributed by atoms with van der Waals surface area (Å²) in [5.74, 6) is 0.666. The van der Waals surface area contributed by atoms with Crippen molar-refractivity contribution >= 4 is 17.3 Å². The van der Waals surface area contributed by atoms with E-state index in [-0.39, 0.29) is 0 Å². The minimum Gasteiger partial charge on any atom is -0.495 e. The summed E-state index contributed by atoms with van der Waals surface area (Å²) in [5.41, 5.74) is 1.78. The highest BCUT2D eigenvalue weighted by Crippen LogP contribution is 2.30. The molecule has 0 saturated carbocycles. The van der Waals surface area contributed by atoms with Crippen molar-refractivity contribution in [3.05, 3.63) is 22.7 Å². The molecule has 0 aliphatic heterocycles. The molecular formula is C15H24ClNO3. The molecule has 0 aliphatic carbocycles. The van der Waals surface area contributed by atoms with Crippen LogP contribution < -0.4 is 10.1 Å². The number of benzene rings is 1. The molecule has 0 aromatic heterocycles. The van der Waals surface area contributed by atoms with Crippen molar-refractivity contribution in [1.29, 1.82) is 0 Å². The zero-order valence-electron chi connectivity index (χ0n) is 12.4. The summed E-state index contributed by atoms with van der Waals surface area (Å²) in [5, 5.41) is 13.7. The molecule has 0 heterocycles. The van der Waals surface area contributed by atoms with Gasteiger partial charge in [-0.25, -0.2) is 0 Å². The molecule has 1 aromatic rings. The van der Waals surface area contributed by atoms with E-state index in [1.54, 1.807) is 13.2 Å². The second-order valence-electron chi connectivity index (χ2n) is 4.76. The lowest BCUT2D eigenvalue weighted by molar-refractivity contribution is 0.0421. The van der Waals surface area contributed by atoms with E-state index in [9.17, 15) is 5.11 Å². The first-order valence-electron chi connectivity index (χ1n) is 6.92. The minimum absolute atomic E-state index is 0.335. The van der Waals surface area contributed by atoms with Crippen LogP contribution in [0.3, 0.4) is 0 Å². The highest BCUT2D eigenvalue weighted by Gasteiger charge is 2.09. The van der Waals surface area contributed by atoms with Gasteiger partial charge in [0, 0.05) is 24.2 Å². The minimum atomic E-state index is -0.549. The lowest BCUT2D eigenvalue weighted by Gasteiger charge is -2.16. The number of aliphatic hydroxyl groups is 1. The summed E-state index contributed by atoms with van der Waals surface area (Å²) in [7, 11) is 1.59. The molecule has 2 N–H and O–H groups in total. The number of anilines is 1. The highest BCUT2D eigenvalue weighted by molar-refractivity contribution is 6.31. The van der Waals surface area contributed by atoms with Gasteiger partial charge in [0.25, 0.3) is 0 Å². The molecular weight excluding hydrogens is 278 g/mol. The van der Waals surface area contributed by atoms with Gasteiger partial charge < -0.3 is 19.9 Å². The zero-order valence-corrected chi connectivity index (χ0v) is 13.2. The van der Waals surface area contributed by atoms with Crippen LogP contribution in [-0.4, -0.2) is 38.1 Å². The topological polar surface area (TPSA) is 50.7 Å². The van der Waals surface area contributed by atoms with E-state index in [4.69, 9.17) is 21.1 Å². The summed E-state index contributed by atoms with van der Waals surface area (Å²) < 4.78 is 10.6. The van der Waals surface area contributed by atoms with Crippen LogP contribution in [0.4, 0.5) is 5.69 Å². The average molecular weight is 302 g/mol. The first-order valence-corrected chi connectivity index (χ1v) is 7.30. The Labute approximate surface area is 126 Å². The fourth-order valence-corrected chi connectivity index (χ4v) is 1.88. The summed E-state index contributed by atoms with van der Waals surface area (Å²) in [4.78, 5) is 0. The fourth-order valence-electron chi connectivity index (χ4n) is 1.72. The van der Waals surface area contributed by atoms with Gasteiger partial charge in [-0.05, 0) is 25.0 Å². The molecule has 1 unspecified atom stereocenters. The number of methoxy groups -OCH3 is 1. The van der Waals surface area contributed by atoms with E-state index < -0.39 is 6.10 Å². The molecule has 0 radical (unpaired) electrons. The third kappa shape index (κ3) is 5.57. The number of halogens is 1. The smallest absolute Gasteiger partial charge is 0.143 e. The van der Waals surface area contributed by atoms with Gasteiger partial charge >= 0.3 is 0 Å². The third-order valence-corrected chi connectivity index (χ3v) is 3.37. The largest absolute Gasteiger partial charge is 0.495 e. The Morgan fingerprint density at radius 3 is 2.80 bits per heavy atom. The van der Waals surface area contributed by atoms with Crippen molar-refractivity contribution in [2.45, 2.75) is 32.8 Å². The number of aliphatic hydroxyl groups excluding tert-OH is 1. The molecule has 20 heavy (non-hydrogen) atoms. The predicted molar refractivity (Wildman–Crippen MR) is 83.0 cm³/mol. The number of rotatable bonds is 9. The Kier molecular flexibility index (Phi) is 7.73.